The normalized spacial score (nSPS) is 16.9. The van der Waals surface area contributed by atoms with Crippen LogP contribution in [0.3, 0.4) is 0 Å². The number of rotatable bonds is 1. The Morgan fingerprint density at radius 2 is 1.90 bits per heavy atom. The van der Waals surface area contributed by atoms with E-state index in [1.807, 2.05) is 0 Å². The van der Waals surface area contributed by atoms with Crippen molar-refractivity contribution in [3.05, 3.63) is 29.3 Å². The molecule has 0 radical (unpaired) electrons. The van der Waals surface area contributed by atoms with E-state index in [1.165, 1.54) is 18.2 Å². The van der Waals surface area contributed by atoms with E-state index >= 15 is 0 Å². The predicted octanol–water partition coefficient (Wildman–Crippen LogP) is 2.57. The van der Waals surface area contributed by atoms with E-state index < -0.39 is 23.5 Å². The number of hydrogen-bond acceptors (Lipinski definition) is 2. The molecule has 0 saturated heterocycles. The minimum absolute atomic E-state index is 0.0156. The fraction of sp³-hybridized carbons (Fsp3) is 0.385. The first kappa shape index (κ1) is 14.4. The molecule has 0 atom stereocenters. The second kappa shape index (κ2) is 4.22. The van der Waals surface area contributed by atoms with Crippen molar-refractivity contribution < 1.29 is 27.9 Å². The SMILES string of the molecule is CC1(C)CN(C(=O)C(F)(F)F)c2ccc(C(=O)O)cc21. The van der Waals surface area contributed by atoms with Gasteiger partial charge in [0.25, 0.3) is 0 Å². The van der Waals surface area contributed by atoms with Gasteiger partial charge >= 0.3 is 18.1 Å². The first-order valence-corrected chi connectivity index (χ1v) is 5.80. The lowest BCUT2D eigenvalue weighted by atomic mass is 9.86. The van der Waals surface area contributed by atoms with E-state index in [2.05, 4.69) is 0 Å². The predicted molar refractivity (Wildman–Crippen MR) is 64.8 cm³/mol. The van der Waals surface area contributed by atoms with Crippen LogP contribution in [-0.2, 0) is 10.2 Å². The van der Waals surface area contributed by atoms with Gasteiger partial charge in [-0.15, -0.1) is 0 Å². The van der Waals surface area contributed by atoms with Crippen molar-refractivity contribution >= 4 is 17.6 Å². The third kappa shape index (κ3) is 2.23. The molecule has 0 aliphatic carbocycles. The number of carbonyl (C=O) groups is 2. The molecule has 1 aromatic carbocycles. The molecule has 1 heterocycles. The number of aromatic carboxylic acids is 1. The molecule has 2 rings (SSSR count). The summed E-state index contributed by atoms with van der Waals surface area (Å²) in [7, 11) is 0. The Hall–Kier alpha value is -2.05. The fourth-order valence-electron chi connectivity index (χ4n) is 2.35. The maximum Gasteiger partial charge on any atom is 0.471 e. The van der Waals surface area contributed by atoms with E-state index in [0.717, 1.165) is 0 Å². The zero-order chi connectivity index (χ0) is 15.3. The summed E-state index contributed by atoms with van der Waals surface area (Å²) in [6.07, 6.45) is -4.96. The van der Waals surface area contributed by atoms with Gasteiger partial charge < -0.3 is 10.0 Å². The Morgan fingerprint density at radius 1 is 1.30 bits per heavy atom. The first-order chi connectivity index (χ1) is 9.04. The highest BCUT2D eigenvalue weighted by atomic mass is 19.4. The van der Waals surface area contributed by atoms with E-state index in [4.69, 9.17) is 5.11 Å². The summed E-state index contributed by atoms with van der Waals surface area (Å²) in [4.78, 5) is 23.0. The molecule has 1 N–H and O–H groups in total. The molecule has 0 saturated carbocycles. The van der Waals surface area contributed by atoms with Crippen molar-refractivity contribution in [3.63, 3.8) is 0 Å². The summed E-state index contributed by atoms with van der Waals surface area (Å²) in [5.74, 6) is -3.10. The molecule has 108 valence electrons. The molecule has 0 fully saturated rings. The van der Waals surface area contributed by atoms with E-state index in [-0.39, 0.29) is 17.8 Å². The van der Waals surface area contributed by atoms with Crippen LogP contribution in [-0.4, -0.2) is 29.7 Å². The highest BCUT2D eigenvalue weighted by molar-refractivity contribution is 6.00. The van der Waals surface area contributed by atoms with Crippen LogP contribution in [0.4, 0.5) is 18.9 Å². The molecule has 1 aliphatic heterocycles. The number of nitrogens with zero attached hydrogens (tertiary/aromatic N) is 1. The molecule has 7 heteroatoms. The Balaban J connectivity index is 2.52. The van der Waals surface area contributed by atoms with Gasteiger partial charge in [-0.3, -0.25) is 4.79 Å². The smallest absolute Gasteiger partial charge is 0.471 e. The third-order valence-corrected chi connectivity index (χ3v) is 3.30. The molecule has 1 amide bonds. The largest absolute Gasteiger partial charge is 0.478 e. The maximum atomic E-state index is 12.6. The topological polar surface area (TPSA) is 57.6 Å². The number of benzene rings is 1. The lowest BCUT2D eigenvalue weighted by Crippen LogP contribution is -2.42. The second-order valence-corrected chi connectivity index (χ2v) is 5.31. The molecular formula is C13H12F3NO3. The molecule has 0 spiro atoms. The summed E-state index contributed by atoms with van der Waals surface area (Å²) in [5, 5.41) is 8.93. The average molecular weight is 287 g/mol. The van der Waals surface area contributed by atoms with Crippen molar-refractivity contribution in [2.45, 2.75) is 25.4 Å². The van der Waals surface area contributed by atoms with Crippen molar-refractivity contribution in [3.8, 4) is 0 Å². The Morgan fingerprint density at radius 3 is 2.40 bits per heavy atom. The van der Waals surface area contributed by atoms with Gasteiger partial charge in [0, 0.05) is 17.6 Å². The maximum absolute atomic E-state index is 12.6. The van der Waals surface area contributed by atoms with Gasteiger partial charge in [-0.1, -0.05) is 13.8 Å². The van der Waals surface area contributed by atoms with Crippen molar-refractivity contribution in [1.82, 2.24) is 0 Å². The quantitative estimate of drug-likeness (QED) is 0.863. The van der Waals surface area contributed by atoms with Crippen LogP contribution in [0.2, 0.25) is 0 Å². The minimum Gasteiger partial charge on any atom is -0.478 e. The van der Waals surface area contributed by atoms with Gasteiger partial charge in [0.15, 0.2) is 0 Å². The molecule has 0 unspecified atom stereocenters. The molecule has 0 aromatic heterocycles. The lowest BCUT2D eigenvalue weighted by molar-refractivity contribution is -0.170. The van der Waals surface area contributed by atoms with Crippen LogP contribution >= 0.6 is 0 Å². The van der Waals surface area contributed by atoms with E-state index in [0.29, 0.717) is 10.5 Å². The molecule has 1 aliphatic rings. The number of fused-ring (bicyclic) bond motifs is 1. The van der Waals surface area contributed by atoms with Gasteiger partial charge in [0.05, 0.1) is 5.56 Å². The molecule has 20 heavy (non-hydrogen) atoms. The van der Waals surface area contributed by atoms with Gasteiger partial charge in [-0.25, -0.2) is 4.79 Å². The Kier molecular flexibility index (Phi) is 3.03. The first-order valence-electron chi connectivity index (χ1n) is 5.80. The summed E-state index contributed by atoms with van der Waals surface area (Å²) in [6, 6.07) is 3.76. The monoisotopic (exact) mass is 287 g/mol. The number of carbonyl (C=O) groups excluding carboxylic acids is 1. The Bertz CT molecular complexity index is 593. The summed E-state index contributed by atoms with van der Waals surface area (Å²) in [6.45, 7) is 3.20. The van der Waals surface area contributed by atoms with Gasteiger partial charge in [-0.05, 0) is 23.8 Å². The van der Waals surface area contributed by atoms with E-state index in [1.54, 1.807) is 13.8 Å². The molecule has 0 bridgehead atoms. The molecule has 1 aromatic rings. The standard InChI is InChI=1S/C13H12F3NO3/c1-12(2)6-17(11(20)13(14,15)16)9-4-3-7(10(18)19)5-8(9)12/h3-5H,6H2,1-2H3,(H,18,19). The van der Waals surface area contributed by atoms with Crippen LogP contribution in [0.5, 0.6) is 0 Å². The fourth-order valence-corrected chi connectivity index (χ4v) is 2.35. The summed E-state index contributed by atoms with van der Waals surface area (Å²) in [5.41, 5.74) is -0.211. The molecule has 4 nitrogen and oxygen atoms in total. The van der Waals surface area contributed by atoms with Gasteiger partial charge in [0.1, 0.15) is 0 Å². The number of anilines is 1. The van der Waals surface area contributed by atoms with Gasteiger partial charge in [0.2, 0.25) is 0 Å². The van der Waals surface area contributed by atoms with Crippen molar-refractivity contribution in [2.24, 2.45) is 0 Å². The number of amides is 1. The van der Waals surface area contributed by atoms with Crippen LogP contribution in [0.1, 0.15) is 29.8 Å². The average Bonchev–Trinajstić information content (AvgIpc) is 2.59. The third-order valence-electron chi connectivity index (χ3n) is 3.30. The highest BCUT2D eigenvalue weighted by Crippen LogP contribution is 2.42. The highest BCUT2D eigenvalue weighted by Gasteiger charge is 2.48. The number of halogens is 3. The zero-order valence-electron chi connectivity index (χ0n) is 10.8. The minimum atomic E-state index is -4.96. The number of carboxylic acids is 1. The van der Waals surface area contributed by atoms with E-state index in [9.17, 15) is 22.8 Å². The van der Waals surface area contributed by atoms with Crippen molar-refractivity contribution in [1.29, 1.82) is 0 Å². The van der Waals surface area contributed by atoms with Crippen molar-refractivity contribution in [2.75, 3.05) is 11.4 Å². The van der Waals surface area contributed by atoms with Crippen LogP contribution in [0.15, 0.2) is 18.2 Å². The molecular weight excluding hydrogens is 275 g/mol. The zero-order valence-corrected chi connectivity index (χ0v) is 10.8. The van der Waals surface area contributed by atoms with Crippen LogP contribution in [0.25, 0.3) is 0 Å². The van der Waals surface area contributed by atoms with Crippen LogP contribution in [0, 0.1) is 0 Å². The lowest BCUT2D eigenvalue weighted by Gasteiger charge is -2.21. The Labute approximate surface area is 112 Å². The van der Waals surface area contributed by atoms with Crippen LogP contribution < -0.4 is 4.90 Å². The second-order valence-electron chi connectivity index (χ2n) is 5.31. The summed E-state index contributed by atoms with van der Waals surface area (Å²) >= 11 is 0. The number of hydrogen-bond donors (Lipinski definition) is 1. The number of alkyl halides is 3. The van der Waals surface area contributed by atoms with Gasteiger partial charge in [-0.2, -0.15) is 13.2 Å². The summed E-state index contributed by atoms with van der Waals surface area (Å²) < 4.78 is 37.7. The number of carboxylic acid groups (broad SMARTS) is 1.